The number of carboxylic acids is 2. The second-order valence-electron chi connectivity index (χ2n) is 12.5. The molecule has 5 rings (SSSR count). The number of nitrogens with one attached hydrogen (secondary N) is 5. The fourth-order valence-electron chi connectivity index (χ4n) is 6.03. The van der Waals surface area contributed by atoms with E-state index in [0.29, 0.717) is 11.1 Å². The lowest BCUT2D eigenvalue weighted by Gasteiger charge is -2.26. The molecular formula is C37H39N7O8. The average Bonchev–Trinajstić information content (AvgIpc) is 3.73. The van der Waals surface area contributed by atoms with Crippen LogP contribution in [0.15, 0.2) is 91.3 Å². The molecule has 15 nitrogen and oxygen atoms in total. The minimum absolute atomic E-state index is 0.00385. The fraction of sp³-hybridized carbons (Fsp3) is 0.243. The first-order chi connectivity index (χ1) is 24.9. The maximum atomic E-state index is 14.1. The van der Waals surface area contributed by atoms with Gasteiger partial charge in [0.2, 0.25) is 23.6 Å². The van der Waals surface area contributed by atoms with Gasteiger partial charge in [-0.25, -0.2) is 0 Å². The molecule has 0 unspecified atom stereocenters. The van der Waals surface area contributed by atoms with Gasteiger partial charge < -0.3 is 47.6 Å². The summed E-state index contributed by atoms with van der Waals surface area (Å²) in [6.07, 6.45) is 2.75. The number of rotatable bonds is 17. The molecule has 2 aromatic heterocycles. The molecule has 4 amide bonds. The topological polar surface area (TPSA) is 263 Å². The highest BCUT2D eigenvalue weighted by atomic mass is 16.4. The molecular weight excluding hydrogens is 670 g/mol. The third kappa shape index (κ3) is 9.00. The van der Waals surface area contributed by atoms with Gasteiger partial charge >= 0.3 is 11.9 Å². The molecule has 5 aromatic rings. The molecule has 270 valence electrons. The van der Waals surface area contributed by atoms with Crippen molar-refractivity contribution >= 4 is 57.4 Å². The SMILES string of the molecule is NC(=O)[C@H](CC(C(=O)O)C(=O)O)NC(=O)[C@@H](Cc1ccccc1)NC(=O)[C@@H](Cc1c[nH]c2ccccc12)NC(=O)[C@H](N)Cc1c[nH]c2ccccc12. The number of aromatic amines is 2. The highest BCUT2D eigenvalue weighted by Gasteiger charge is 2.35. The maximum Gasteiger partial charge on any atom is 0.317 e. The lowest BCUT2D eigenvalue weighted by Crippen LogP contribution is -2.59. The van der Waals surface area contributed by atoms with Gasteiger partial charge in [0.05, 0.1) is 6.04 Å². The normalized spacial score (nSPS) is 13.6. The Hall–Kier alpha value is -6.48. The molecule has 0 aliphatic rings. The number of nitrogens with two attached hydrogens (primary N) is 2. The number of para-hydroxylation sites is 2. The number of benzene rings is 3. The minimum atomic E-state index is -2.04. The van der Waals surface area contributed by atoms with Crippen LogP contribution in [0.2, 0.25) is 0 Å². The molecule has 3 aromatic carbocycles. The van der Waals surface area contributed by atoms with Crippen molar-refractivity contribution < 1.29 is 39.0 Å². The van der Waals surface area contributed by atoms with E-state index in [0.717, 1.165) is 27.4 Å². The van der Waals surface area contributed by atoms with Crippen molar-refractivity contribution in [3.8, 4) is 0 Å². The third-order valence-corrected chi connectivity index (χ3v) is 8.83. The first-order valence-electron chi connectivity index (χ1n) is 16.5. The zero-order chi connectivity index (χ0) is 37.4. The van der Waals surface area contributed by atoms with E-state index in [-0.39, 0.29) is 19.3 Å². The van der Waals surface area contributed by atoms with Gasteiger partial charge in [-0.05, 0) is 35.2 Å². The Balaban J connectivity index is 1.40. The Labute approximate surface area is 297 Å². The first-order valence-corrected chi connectivity index (χ1v) is 16.5. The van der Waals surface area contributed by atoms with Crippen molar-refractivity contribution in [1.82, 2.24) is 25.9 Å². The number of carboxylic acid groups (broad SMARTS) is 2. The zero-order valence-corrected chi connectivity index (χ0v) is 27.9. The van der Waals surface area contributed by atoms with Crippen LogP contribution in [0.4, 0.5) is 0 Å². The zero-order valence-electron chi connectivity index (χ0n) is 27.9. The Bertz CT molecular complexity index is 2080. The Kier molecular flexibility index (Phi) is 11.7. The average molecular weight is 710 g/mol. The van der Waals surface area contributed by atoms with Crippen molar-refractivity contribution in [3.63, 3.8) is 0 Å². The molecule has 0 bridgehead atoms. The van der Waals surface area contributed by atoms with Gasteiger partial charge in [-0.2, -0.15) is 0 Å². The van der Waals surface area contributed by atoms with Crippen LogP contribution in [0.5, 0.6) is 0 Å². The number of H-pyrrole nitrogens is 2. The summed E-state index contributed by atoms with van der Waals surface area (Å²) in [4.78, 5) is 83.0. The molecule has 0 aliphatic carbocycles. The number of aromatic nitrogens is 2. The van der Waals surface area contributed by atoms with E-state index in [1.165, 1.54) is 0 Å². The van der Waals surface area contributed by atoms with Gasteiger partial charge in [-0.15, -0.1) is 0 Å². The lowest BCUT2D eigenvalue weighted by molar-refractivity contribution is -0.155. The highest BCUT2D eigenvalue weighted by Crippen LogP contribution is 2.21. The summed E-state index contributed by atoms with van der Waals surface area (Å²) in [5, 5.41) is 28.2. The third-order valence-electron chi connectivity index (χ3n) is 8.83. The summed E-state index contributed by atoms with van der Waals surface area (Å²) < 4.78 is 0. The molecule has 0 saturated heterocycles. The smallest absolute Gasteiger partial charge is 0.317 e. The molecule has 11 N–H and O–H groups in total. The van der Waals surface area contributed by atoms with E-state index < -0.39 is 72.1 Å². The minimum Gasteiger partial charge on any atom is -0.481 e. The van der Waals surface area contributed by atoms with Crippen LogP contribution in [0.1, 0.15) is 23.1 Å². The van der Waals surface area contributed by atoms with Crippen LogP contribution in [-0.2, 0) is 48.0 Å². The quantitative estimate of drug-likeness (QED) is 0.0626. The summed E-state index contributed by atoms with van der Waals surface area (Å²) in [6, 6.07) is 18.2. The molecule has 15 heteroatoms. The van der Waals surface area contributed by atoms with Crippen LogP contribution in [-0.4, -0.2) is 79.9 Å². The number of primary amides is 1. The molecule has 0 radical (unpaired) electrons. The summed E-state index contributed by atoms with van der Waals surface area (Å²) in [5.74, 6) is -8.94. The predicted octanol–water partition coefficient (Wildman–Crippen LogP) is 1.12. The largest absolute Gasteiger partial charge is 0.481 e. The number of hydrogen-bond acceptors (Lipinski definition) is 7. The number of amides is 4. The van der Waals surface area contributed by atoms with Crippen LogP contribution in [0, 0.1) is 5.92 Å². The van der Waals surface area contributed by atoms with Gasteiger partial charge in [0.1, 0.15) is 18.1 Å². The van der Waals surface area contributed by atoms with Crippen LogP contribution < -0.4 is 27.4 Å². The van der Waals surface area contributed by atoms with E-state index in [1.54, 1.807) is 42.7 Å². The predicted molar refractivity (Wildman–Crippen MR) is 190 cm³/mol. The molecule has 0 saturated carbocycles. The number of fused-ring (bicyclic) bond motifs is 2. The lowest BCUT2D eigenvalue weighted by atomic mass is 9.98. The van der Waals surface area contributed by atoms with Crippen molar-refractivity contribution in [2.75, 3.05) is 0 Å². The second-order valence-corrected chi connectivity index (χ2v) is 12.5. The van der Waals surface area contributed by atoms with Gasteiger partial charge in [-0.3, -0.25) is 28.8 Å². The molecule has 4 atom stereocenters. The summed E-state index contributed by atoms with van der Waals surface area (Å²) in [7, 11) is 0. The second kappa shape index (κ2) is 16.5. The Morgan fingerprint density at radius 3 is 1.60 bits per heavy atom. The Morgan fingerprint density at radius 1 is 0.596 bits per heavy atom. The van der Waals surface area contributed by atoms with Gasteiger partial charge in [0.25, 0.3) is 0 Å². The summed E-state index contributed by atoms with van der Waals surface area (Å²) in [5.41, 5.74) is 15.6. The van der Waals surface area contributed by atoms with Crippen molar-refractivity contribution in [2.45, 2.75) is 49.9 Å². The standard InChI is InChI=1S/C37H39N7O8/c38-26(15-21-18-40-27-12-6-4-10-23(21)27)33(46)43-31(16-22-19-41-28-13-7-5-11-24(22)28)35(48)44-30(14-20-8-2-1-3-9-20)34(47)42-29(32(39)45)17-25(36(49)50)37(51)52/h1-13,18-19,25-26,29-31,40-41H,14-17,38H2,(H2,39,45)(H,42,47)(H,43,46)(H,44,48)(H,49,50)(H,51,52)/t26-,29+,30-,31-/m1/s1. The van der Waals surface area contributed by atoms with Crippen LogP contribution in [0.3, 0.4) is 0 Å². The van der Waals surface area contributed by atoms with Gasteiger partial charge in [0.15, 0.2) is 5.92 Å². The van der Waals surface area contributed by atoms with Crippen molar-refractivity contribution in [3.05, 3.63) is 108 Å². The van der Waals surface area contributed by atoms with E-state index in [9.17, 15) is 39.0 Å². The van der Waals surface area contributed by atoms with Crippen molar-refractivity contribution in [1.29, 1.82) is 0 Å². The Morgan fingerprint density at radius 2 is 1.06 bits per heavy atom. The summed E-state index contributed by atoms with van der Waals surface area (Å²) in [6.45, 7) is 0. The number of carbonyl (C=O) groups excluding carboxylic acids is 4. The molecule has 2 heterocycles. The molecule has 52 heavy (non-hydrogen) atoms. The van der Waals surface area contributed by atoms with E-state index >= 15 is 0 Å². The van der Waals surface area contributed by atoms with Crippen LogP contribution >= 0.6 is 0 Å². The maximum absolute atomic E-state index is 14.1. The van der Waals surface area contributed by atoms with Gasteiger partial charge in [0, 0.05) is 53.5 Å². The number of aliphatic carboxylic acids is 2. The number of carbonyl (C=O) groups is 6. The molecule has 0 fully saturated rings. The summed E-state index contributed by atoms with van der Waals surface area (Å²) >= 11 is 0. The van der Waals surface area contributed by atoms with Crippen LogP contribution in [0.25, 0.3) is 21.8 Å². The van der Waals surface area contributed by atoms with E-state index in [1.807, 2.05) is 48.5 Å². The highest BCUT2D eigenvalue weighted by molar-refractivity contribution is 5.97. The molecule has 0 aliphatic heterocycles. The first kappa shape index (κ1) is 36.8. The van der Waals surface area contributed by atoms with E-state index in [4.69, 9.17) is 11.5 Å². The molecule has 0 spiro atoms. The number of hydrogen-bond donors (Lipinski definition) is 9. The van der Waals surface area contributed by atoms with Crippen molar-refractivity contribution in [2.24, 2.45) is 17.4 Å². The fourth-order valence-corrected chi connectivity index (χ4v) is 6.03. The van der Waals surface area contributed by atoms with Gasteiger partial charge in [-0.1, -0.05) is 66.7 Å². The monoisotopic (exact) mass is 709 g/mol. The van der Waals surface area contributed by atoms with E-state index in [2.05, 4.69) is 25.9 Å².